The lowest BCUT2D eigenvalue weighted by molar-refractivity contribution is -0.142. The highest BCUT2D eigenvalue weighted by atomic mass is 16.5. The molecule has 1 aliphatic carbocycles. The van der Waals surface area contributed by atoms with Gasteiger partial charge in [-0.1, -0.05) is 0 Å². The molecular weight excluding hydrogens is 178 g/mol. The van der Waals surface area contributed by atoms with Crippen molar-refractivity contribution in [2.45, 2.75) is 38.6 Å². The van der Waals surface area contributed by atoms with Crippen LogP contribution in [0.2, 0.25) is 0 Å². The standard InChI is InChI=1S/C11H21NO2/c1-9(13)14-8-10-4-6-11(7-5-10)12(2)3/h10-11H,4-8H2,1-3H3/t10-,11-. The van der Waals surface area contributed by atoms with Gasteiger partial charge in [0.1, 0.15) is 0 Å². The van der Waals surface area contributed by atoms with Crippen molar-refractivity contribution in [1.29, 1.82) is 0 Å². The molecule has 82 valence electrons. The minimum absolute atomic E-state index is 0.153. The predicted octanol–water partition coefficient (Wildman–Crippen LogP) is 1.67. The molecule has 3 heteroatoms. The van der Waals surface area contributed by atoms with Crippen molar-refractivity contribution in [1.82, 2.24) is 4.90 Å². The minimum Gasteiger partial charge on any atom is -0.466 e. The summed E-state index contributed by atoms with van der Waals surface area (Å²) < 4.78 is 5.02. The van der Waals surface area contributed by atoms with Gasteiger partial charge in [-0.05, 0) is 45.7 Å². The van der Waals surface area contributed by atoms with Gasteiger partial charge < -0.3 is 9.64 Å². The van der Waals surface area contributed by atoms with Gasteiger partial charge in [-0.25, -0.2) is 0 Å². The zero-order chi connectivity index (χ0) is 10.6. The van der Waals surface area contributed by atoms with Gasteiger partial charge in [-0.15, -0.1) is 0 Å². The fourth-order valence-electron chi connectivity index (χ4n) is 2.06. The second-order valence-electron chi connectivity index (χ2n) is 4.44. The third-order valence-corrected chi connectivity index (χ3v) is 3.07. The van der Waals surface area contributed by atoms with E-state index in [4.69, 9.17) is 4.74 Å². The maximum atomic E-state index is 10.6. The average molecular weight is 199 g/mol. The van der Waals surface area contributed by atoms with Gasteiger partial charge in [0.15, 0.2) is 0 Å². The molecule has 1 rings (SSSR count). The lowest BCUT2D eigenvalue weighted by Crippen LogP contribution is -2.33. The number of carbonyl (C=O) groups excluding carboxylic acids is 1. The largest absolute Gasteiger partial charge is 0.466 e. The molecule has 14 heavy (non-hydrogen) atoms. The van der Waals surface area contributed by atoms with Crippen LogP contribution in [-0.2, 0) is 9.53 Å². The molecule has 0 aromatic rings. The summed E-state index contributed by atoms with van der Waals surface area (Å²) in [7, 11) is 4.27. The van der Waals surface area contributed by atoms with Crippen LogP contribution in [0.15, 0.2) is 0 Å². The van der Waals surface area contributed by atoms with Crippen LogP contribution in [0, 0.1) is 5.92 Å². The molecule has 0 aliphatic heterocycles. The fourth-order valence-corrected chi connectivity index (χ4v) is 2.06. The van der Waals surface area contributed by atoms with E-state index in [1.807, 2.05) is 0 Å². The number of hydrogen-bond acceptors (Lipinski definition) is 3. The summed E-state index contributed by atoms with van der Waals surface area (Å²) in [4.78, 5) is 12.9. The highest BCUT2D eigenvalue weighted by Crippen LogP contribution is 2.26. The molecule has 0 N–H and O–H groups in total. The first kappa shape index (κ1) is 11.5. The van der Waals surface area contributed by atoms with Gasteiger partial charge in [0, 0.05) is 13.0 Å². The maximum Gasteiger partial charge on any atom is 0.302 e. The van der Waals surface area contributed by atoms with Crippen LogP contribution in [0.5, 0.6) is 0 Å². The van der Waals surface area contributed by atoms with Crippen LogP contribution >= 0.6 is 0 Å². The average Bonchev–Trinajstić information content (AvgIpc) is 2.15. The molecule has 1 fully saturated rings. The molecule has 0 amide bonds. The Labute approximate surface area is 86.4 Å². The summed E-state index contributed by atoms with van der Waals surface area (Å²) in [6, 6.07) is 0.726. The van der Waals surface area contributed by atoms with E-state index < -0.39 is 0 Å². The summed E-state index contributed by atoms with van der Waals surface area (Å²) in [5.41, 5.74) is 0. The smallest absolute Gasteiger partial charge is 0.302 e. The molecule has 0 radical (unpaired) electrons. The number of esters is 1. The van der Waals surface area contributed by atoms with Gasteiger partial charge >= 0.3 is 5.97 Å². The Hall–Kier alpha value is -0.570. The van der Waals surface area contributed by atoms with Crippen LogP contribution in [0.3, 0.4) is 0 Å². The van der Waals surface area contributed by atoms with Gasteiger partial charge in [0.05, 0.1) is 6.61 Å². The van der Waals surface area contributed by atoms with Crippen molar-refractivity contribution in [3.63, 3.8) is 0 Å². The zero-order valence-electron chi connectivity index (χ0n) is 9.45. The summed E-state index contributed by atoms with van der Waals surface area (Å²) >= 11 is 0. The van der Waals surface area contributed by atoms with Crippen LogP contribution in [0.4, 0.5) is 0 Å². The molecule has 3 nitrogen and oxygen atoms in total. The zero-order valence-corrected chi connectivity index (χ0v) is 9.45. The van der Waals surface area contributed by atoms with Crippen molar-refractivity contribution < 1.29 is 9.53 Å². The predicted molar refractivity (Wildman–Crippen MR) is 56.1 cm³/mol. The molecule has 1 aliphatic rings. The van der Waals surface area contributed by atoms with E-state index in [1.54, 1.807) is 0 Å². The molecule has 0 aromatic carbocycles. The summed E-state index contributed by atoms with van der Waals surface area (Å²) in [5.74, 6) is 0.440. The summed E-state index contributed by atoms with van der Waals surface area (Å²) in [6.07, 6.45) is 4.85. The third kappa shape index (κ3) is 3.66. The number of carbonyl (C=O) groups is 1. The first-order valence-corrected chi connectivity index (χ1v) is 5.39. The number of rotatable bonds is 3. The maximum absolute atomic E-state index is 10.6. The molecule has 0 aromatic heterocycles. The topological polar surface area (TPSA) is 29.5 Å². The first-order valence-electron chi connectivity index (χ1n) is 5.39. The van der Waals surface area contributed by atoms with Crippen LogP contribution < -0.4 is 0 Å². The Bertz CT molecular complexity index is 184. The van der Waals surface area contributed by atoms with Crippen molar-refractivity contribution >= 4 is 5.97 Å². The Kier molecular flexibility index (Phi) is 4.39. The van der Waals surface area contributed by atoms with E-state index in [0.29, 0.717) is 12.5 Å². The summed E-state index contributed by atoms with van der Waals surface area (Å²) in [5, 5.41) is 0. The molecule has 0 spiro atoms. The van der Waals surface area contributed by atoms with Gasteiger partial charge in [-0.2, -0.15) is 0 Å². The van der Waals surface area contributed by atoms with Gasteiger partial charge in [0.2, 0.25) is 0 Å². The monoisotopic (exact) mass is 199 g/mol. The van der Waals surface area contributed by atoms with E-state index in [2.05, 4.69) is 19.0 Å². The van der Waals surface area contributed by atoms with Crippen molar-refractivity contribution in [2.75, 3.05) is 20.7 Å². The molecule has 1 saturated carbocycles. The molecule has 0 bridgehead atoms. The van der Waals surface area contributed by atoms with Crippen molar-refractivity contribution in [3.05, 3.63) is 0 Å². The van der Waals surface area contributed by atoms with Gasteiger partial charge in [-0.3, -0.25) is 4.79 Å². The highest BCUT2D eigenvalue weighted by molar-refractivity contribution is 5.65. The first-order chi connectivity index (χ1) is 6.59. The Balaban J connectivity index is 2.19. The van der Waals surface area contributed by atoms with E-state index in [-0.39, 0.29) is 5.97 Å². The fraction of sp³-hybridized carbons (Fsp3) is 0.909. The lowest BCUT2D eigenvalue weighted by atomic mass is 9.86. The SMILES string of the molecule is CC(=O)OC[C@H]1CC[C@H](N(C)C)CC1. The van der Waals surface area contributed by atoms with Crippen LogP contribution in [-0.4, -0.2) is 37.6 Å². The second kappa shape index (κ2) is 5.35. The second-order valence-corrected chi connectivity index (χ2v) is 4.44. The number of hydrogen-bond donors (Lipinski definition) is 0. The van der Waals surface area contributed by atoms with E-state index in [9.17, 15) is 4.79 Å². The Morgan fingerprint density at radius 3 is 2.29 bits per heavy atom. The summed E-state index contributed by atoms with van der Waals surface area (Å²) in [6.45, 7) is 2.10. The van der Waals surface area contributed by atoms with E-state index >= 15 is 0 Å². The van der Waals surface area contributed by atoms with Crippen molar-refractivity contribution in [3.8, 4) is 0 Å². The van der Waals surface area contributed by atoms with Gasteiger partial charge in [0.25, 0.3) is 0 Å². The molecular formula is C11H21NO2. The van der Waals surface area contributed by atoms with E-state index in [1.165, 1.54) is 32.6 Å². The molecule has 0 unspecified atom stereocenters. The van der Waals surface area contributed by atoms with Crippen LogP contribution in [0.25, 0.3) is 0 Å². The number of nitrogens with zero attached hydrogens (tertiary/aromatic N) is 1. The quantitative estimate of drug-likeness (QED) is 0.648. The lowest BCUT2D eigenvalue weighted by Gasteiger charge is -2.32. The molecule has 0 heterocycles. The normalized spacial score (nSPS) is 27.7. The Morgan fingerprint density at radius 2 is 1.86 bits per heavy atom. The molecule has 0 atom stereocenters. The van der Waals surface area contributed by atoms with Crippen molar-refractivity contribution in [2.24, 2.45) is 5.92 Å². The highest BCUT2D eigenvalue weighted by Gasteiger charge is 2.22. The minimum atomic E-state index is -0.153. The van der Waals surface area contributed by atoms with E-state index in [0.717, 1.165) is 6.04 Å². The number of ether oxygens (including phenoxy) is 1. The Morgan fingerprint density at radius 1 is 1.29 bits per heavy atom. The third-order valence-electron chi connectivity index (χ3n) is 3.07. The molecule has 0 saturated heterocycles. The van der Waals surface area contributed by atoms with Crippen LogP contribution in [0.1, 0.15) is 32.6 Å².